The minimum atomic E-state index is -0.983. The predicted molar refractivity (Wildman–Crippen MR) is 91.8 cm³/mol. The molecule has 2 heterocycles. The molecule has 0 amide bonds. The molecule has 2 aromatic rings. The number of aliphatic hydroxyl groups is 1. The molecule has 0 fully saturated rings. The van der Waals surface area contributed by atoms with Crippen LogP contribution in [0.3, 0.4) is 0 Å². The maximum absolute atomic E-state index is 11.6. The molecule has 1 aromatic carbocycles. The van der Waals surface area contributed by atoms with Crippen molar-refractivity contribution in [3.63, 3.8) is 0 Å². The fourth-order valence-corrected chi connectivity index (χ4v) is 2.70. The van der Waals surface area contributed by atoms with Crippen molar-refractivity contribution in [2.45, 2.75) is 45.8 Å². The van der Waals surface area contributed by atoms with Gasteiger partial charge in [-0.15, -0.1) is 0 Å². The lowest BCUT2D eigenvalue weighted by Crippen LogP contribution is -2.39. The van der Waals surface area contributed by atoms with Crippen molar-refractivity contribution in [3.05, 3.63) is 45.8 Å². The zero-order valence-electron chi connectivity index (χ0n) is 14.4. The van der Waals surface area contributed by atoms with Crippen molar-refractivity contribution >= 4 is 11.0 Å². The summed E-state index contributed by atoms with van der Waals surface area (Å²) in [6.07, 6.45) is 2.14. The number of hydrogen-bond acceptors (Lipinski definition) is 5. The molecular weight excluding hydrogens is 308 g/mol. The highest BCUT2D eigenvalue weighted by Gasteiger charge is 2.37. The lowest BCUT2D eigenvalue weighted by atomic mass is 9.97. The highest BCUT2D eigenvalue weighted by Crippen LogP contribution is 2.45. The number of allylic oxidation sites excluding steroid dienone is 1. The Morgan fingerprint density at radius 1 is 1.42 bits per heavy atom. The van der Waals surface area contributed by atoms with Crippen LogP contribution in [-0.2, 0) is 6.42 Å². The van der Waals surface area contributed by atoms with Gasteiger partial charge in [-0.1, -0.05) is 5.57 Å². The normalized spacial score (nSPS) is 16.6. The van der Waals surface area contributed by atoms with Crippen LogP contribution in [-0.4, -0.2) is 23.4 Å². The Hall–Kier alpha value is -2.27. The topological polar surface area (TPSA) is 68.9 Å². The molecule has 0 spiro atoms. The summed E-state index contributed by atoms with van der Waals surface area (Å²) in [7, 11) is 0. The monoisotopic (exact) mass is 330 g/mol. The molecule has 24 heavy (non-hydrogen) atoms. The molecular formula is C19H22O5. The van der Waals surface area contributed by atoms with Crippen molar-refractivity contribution in [1.29, 1.82) is 0 Å². The Labute approximate surface area is 140 Å². The molecule has 5 nitrogen and oxygen atoms in total. The molecule has 1 aliphatic rings. The quantitative estimate of drug-likeness (QED) is 0.688. The Bertz CT molecular complexity index is 850. The third kappa shape index (κ3) is 3.17. The van der Waals surface area contributed by atoms with Crippen LogP contribution < -0.4 is 15.1 Å². The summed E-state index contributed by atoms with van der Waals surface area (Å²) in [6.45, 7) is 7.75. The van der Waals surface area contributed by atoms with Gasteiger partial charge < -0.3 is 19.0 Å². The molecule has 1 unspecified atom stereocenters. The molecule has 3 rings (SSSR count). The van der Waals surface area contributed by atoms with Crippen molar-refractivity contribution in [2.75, 3.05) is 6.61 Å². The van der Waals surface area contributed by atoms with Crippen molar-refractivity contribution < 1.29 is 19.0 Å². The number of benzene rings is 1. The van der Waals surface area contributed by atoms with E-state index in [-0.39, 0.29) is 6.10 Å². The fourth-order valence-electron chi connectivity index (χ4n) is 2.70. The zero-order valence-corrected chi connectivity index (χ0v) is 14.4. The van der Waals surface area contributed by atoms with Crippen LogP contribution >= 0.6 is 0 Å². The standard InChI is InChI=1S/C19H22O5/c1-11(2)7-8-22-18-16-12(5-6-15(20)24-16)9-13-10-14(19(3,4)21)23-17(13)18/h5-7,9,14,21H,8,10H2,1-4H3. The van der Waals surface area contributed by atoms with Gasteiger partial charge in [-0.2, -0.15) is 0 Å². The molecule has 1 atom stereocenters. The summed E-state index contributed by atoms with van der Waals surface area (Å²) in [5.41, 5.74) is 1.02. The molecule has 0 bridgehead atoms. The smallest absolute Gasteiger partial charge is 0.336 e. The van der Waals surface area contributed by atoms with E-state index in [1.807, 2.05) is 26.0 Å². The third-order valence-corrected chi connectivity index (χ3v) is 4.07. The molecule has 0 radical (unpaired) electrons. The average molecular weight is 330 g/mol. The molecule has 128 valence electrons. The molecule has 0 saturated carbocycles. The van der Waals surface area contributed by atoms with Crippen molar-refractivity contribution in [3.8, 4) is 11.5 Å². The molecule has 1 aliphatic heterocycles. The molecule has 0 aliphatic carbocycles. The van der Waals surface area contributed by atoms with Crippen LogP contribution in [0.5, 0.6) is 11.5 Å². The largest absolute Gasteiger partial charge is 0.483 e. The summed E-state index contributed by atoms with van der Waals surface area (Å²) in [5, 5.41) is 11.0. The highest BCUT2D eigenvalue weighted by atomic mass is 16.5. The van der Waals surface area contributed by atoms with Gasteiger partial charge in [0.05, 0.1) is 5.60 Å². The van der Waals surface area contributed by atoms with Crippen LogP contribution in [0, 0.1) is 0 Å². The van der Waals surface area contributed by atoms with E-state index < -0.39 is 11.2 Å². The molecule has 0 saturated heterocycles. The van der Waals surface area contributed by atoms with Crippen LogP contribution in [0.4, 0.5) is 0 Å². The SMILES string of the molecule is CC(C)=CCOc1c2c(cc3ccc(=O)oc13)CC(C(C)(C)O)O2. The lowest BCUT2D eigenvalue weighted by molar-refractivity contribution is -0.0236. The van der Waals surface area contributed by atoms with Gasteiger partial charge in [0.2, 0.25) is 5.75 Å². The Kier molecular flexibility index (Phi) is 4.13. The number of ether oxygens (including phenoxy) is 2. The predicted octanol–water partition coefficient (Wildman–Crippen LogP) is 3.21. The van der Waals surface area contributed by atoms with Crippen LogP contribution in [0.2, 0.25) is 0 Å². The van der Waals surface area contributed by atoms with Crippen LogP contribution in [0.25, 0.3) is 11.0 Å². The van der Waals surface area contributed by atoms with Gasteiger partial charge in [-0.3, -0.25) is 0 Å². The summed E-state index contributed by atoms with van der Waals surface area (Å²) in [4.78, 5) is 11.6. The van der Waals surface area contributed by atoms with Gasteiger partial charge in [0.25, 0.3) is 0 Å². The maximum Gasteiger partial charge on any atom is 0.336 e. The van der Waals surface area contributed by atoms with E-state index in [0.29, 0.717) is 30.1 Å². The van der Waals surface area contributed by atoms with Gasteiger partial charge in [-0.05, 0) is 45.9 Å². The first-order valence-electron chi connectivity index (χ1n) is 8.00. The lowest BCUT2D eigenvalue weighted by Gasteiger charge is -2.24. The summed E-state index contributed by atoms with van der Waals surface area (Å²) >= 11 is 0. The first-order valence-corrected chi connectivity index (χ1v) is 8.00. The van der Waals surface area contributed by atoms with E-state index in [1.165, 1.54) is 6.07 Å². The van der Waals surface area contributed by atoms with Gasteiger partial charge >= 0.3 is 5.63 Å². The highest BCUT2D eigenvalue weighted by molar-refractivity contribution is 5.87. The van der Waals surface area contributed by atoms with Gasteiger partial charge in [0, 0.05) is 23.4 Å². The molecule has 5 heteroatoms. The second-order valence-corrected chi connectivity index (χ2v) is 6.92. The van der Waals surface area contributed by atoms with Crippen molar-refractivity contribution in [1.82, 2.24) is 0 Å². The Morgan fingerprint density at radius 3 is 2.83 bits per heavy atom. The summed E-state index contributed by atoms with van der Waals surface area (Å²) in [5.74, 6) is 0.968. The minimum absolute atomic E-state index is 0.350. The van der Waals surface area contributed by atoms with E-state index >= 15 is 0 Å². The summed E-state index contributed by atoms with van der Waals surface area (Å²) in [6, 6.07) is 5.03. The van der Waals surface area contributed by atoms with Crippen LogP contribution in [0.15, 0.2) is 39.1 Å². The van der Waals surface area contributed by atoms with Gasteiger partial charge in [0.1, 0.15) is 12.7 Å². The second-order valence-electron chi connectivity index (χ2n) is 6.92. The van der Waals surface area contributed by atoms with Gasteiger partial charge in [-0.25, -0.2) is 4.79 Å². The molecule has 1 N–H and O–H groups in total. The first kappa shape index (κ1) is 16.6. The Morgan fingerprint density at radius 2 is 2.17 bits per heavy atom. The van der Waals surface area contributed by atoms with Gasteiger partial charge in [0.15, 0.2) is 11.3 Å². The minimum Gasteiger partial charge on any atom is -0.483 e. The fraction of sp³-hybridized carbons (Fsp3) is 0.421. The number of hydrogen-bond donors (Lipinski definition) is 1. The van der Waals surface area contributed by atoms with E-state index in [2.05, 4.69) is 0 Å². The van der Waals surface area contributed by atoms with E-state index in [1.54, 1.807) is 19.9 Å². The number of fused-ring (bicyclic) bond motifs is 2. The van der Waals surface area contributed by atoms with E-state index in [9.17, 15) is 9.90 Å². The van der Waals surface area contributed by atoms with E-state index in [0.717, 1.165) is 16.5 Å². The zero-order chi connectivity index (χ0) is 17.5. The number of rotatable bonds is 4. The van der Waals surface area contributed by atoms with E-state index in [4.69, 9.17) is 13.9 Å². The maximum atomic E-state index is 11.6. The summed E-state index contributed by atoms with van der Waals surface area (Å²) < 4.78 is 17.2. The van der Waals surface area contributed by atoms with Crippen LogP contribution in [0.1, 0.15) is 33.3 Å². The Balaban J connectivity index is 2.10. The average Bonchev–Trinajstić information content (AvgIpc) is 2.90. The first-order chi connectivity index (χ1) is 11.3. The third-order valence-electron chi connectivity index (χ3n) is 4.07. The molecule has 1 aromatic heterocycles. The second kappa shape index (κ2) is 5.98. The van der Waals surface area contributed by atoms with Crippen molar-refractivity contribution in [2.24, 2.45) is 0 Å².